The van der Waals surface area contributed by atoms with Crippen LogP contribution < -0.4 is 5.32 Å². The summed E-state index contributed by atoms with van der Waals surface area (Å²) in [6, 6.07) is 32.2. The number of nitrogens with one attached hydrogen (secondary N) is 1. The topological polar surface area (TPSA) is 201 Å². The number of fused-ring (bicyclic) bond motifs is 1. The van der Waals surface area contributed by atoms with Crippen LogP contribution in [0.15, 0.2) is 106 Å². The number of halogens is 2. The molecule has 6 bridgehead atoms. The molecule has 1 saturated heterocycles. The summed E-state index contributed by atoms with van der Waals surface area (Å²) in [6.07, 6.45) is 9.90. The van der Waals surface area contributed by atoms with Crippen molar-refractivity contribution in [2.24, 2.45) is 57.7 Å². The molecule has 6 saturated carbocycles. The number of hydrogen-bond donors (Lipinski definition) is 1. The molecule has 7 aliphatic rings. The Morgan fingerprint density at radius 3 is 1.57 bits per heavy atom. The Labute approximate surface area is 469 Å². The van der Waals surface area contributed by atoms with Gasteiger partial charge in [0.25, 0.3) is 0 Å². The fourth-order valence-electron chi connectivity index (χ4n) is 11.7. The number of ether oxygens (including phenoxy) is 5. The molecule has 6 aliphatic carbocycles. The molecule has 5 unspecified atom stereocenters. The maximum absolute atomic E-state index is 12.7. The zero-order chi connectivity index (χ0) is 58.1. The van der Waals surface area contributed by atoms with Gasteiger partial charge in [0.1, 0.15) is 24.4 Å². The van der Waals surface area contributed by atoms with E-state index in [1.165, 1.54) is 46.8 Å². The van der Waals surface area contributed by atoms with Crippen LogP contribution in [0.2, 0.25) is 0 Å². The molecule has 1 amide bonds. The lowest BCUT2D eigenvalue weighted by atomic mass is 9.49. The van der Waals surface area contributed by atoms with E-state index in [1.807, 2.05) is 39.9 Å². The van der Waals surface area contributed by atoms with Gasteiger partial charge in [-0.15, -0.1) is 0 Å². The Balaban J connectivity index is 0.000000170. The van der Waals surface area contributed by atoms with Gasteiger partial charge in [0.05, 0.1) is 39.6 Å². The minimum absolute atomic E-state index is 0.0146. The maximum atomic E-state index is 12.7. The number of rotatable bonds is 18. The quantitative estimate of drug-likeness (QED) is 0.0415. The van der Waals surface area contributed by atoms with Crippen molar-refractivity contribution in [3.8, 4) is 0 Å². The summed E-state index contributed by atoms with van der Waals surface area (Å²) in [6.45, 7) is 16.9. The number of alkyl carbamates (subject to hydrolysis) is 1. The van der Waals surface area contributed by atoms with Crippen LogP contribution in [0.4, 0.5) is 13.6 Å². The molecule has 0 spiro atoms. The molecule has 3 aromatic carbocycles. The molecule has 1 N–H and O–H groups in total. The van der Waals surface area contributed by atoms with Gasteiger partial charge in [-0.1, -0.05) is 82.3 Å². The highest BCUT2D eigenvalue weighted by molar-refractivity contribution is 7.97. The molecule has 3 aromatic rings. The molecule has 436 valence electrons. The van der Waals surface area contributed by atoms with Gasteiger partial charge in [-0.05, 0) is 172 Å². The maximum Gasteiger partial charge on any atom is 0.407 e. The van der Waals surface area contributed by atoms with Crippen LogP contribution in [0.3, 0.4) is 0 Å². The molecule has 0 radical (unpaired) electrons. The second-order valence-corrected chi connectivity index (χ2v) is 27.5. The first-order valence-corrected chi connectivity index (χ1v) is 30.7. The summed E-state index contributed by atoms with van der Waals surface area (Å²) >= 11 is 0. The average Bonchev–Trinajstić information content (AvgIpc) is 4.16. The van der Waals surface area contributed by atoms with Crippen LogP contribution in [-0.4, -0.2) is 85.8 Å². The van der Waals surface area contributed by atoms with Crippen molar-refractivity contribution in [2.45, 2.75) is 178 Å². The van der Waals surface area contributed by atoms with Gasteiger partial charge < -0.3 is 33.6 Å². The highest BCUT2D eigenvalue weighted by Gasteiger charge is 2.64. The fraction of sp³-hybridized carbons (Fsp3) is 0.623. The minimum atomic E-state index is -5.91. The number of esters is 4. The first kappa shape index (κ1) is 63.1. The number of carbonyl (C=O) groups is 5. The van der Waals surface area contributed by atoms with Gasteiger partial charge in [0.15, 0.2) is 31.4 Å². The van der Waals surface area contributed by atoms with Gasteiger partial charge >= 0.3 is 35.2 Å². The molecule has 0 aromatic heterocycles. The van der Waals surface area contributed by atoms with E-state index in [9.17, 15) is 45.7 Å². The van der Waals surface area contributed by atoms with Crippen molar-refractivity contribution in [2.75, 3.05) is 19.8 Å². The predicted octanol–water partition coefficient (Wildman–Crippen LogP) is 12.1. The highest BCUT2D eigenvalue weighted by Crippen LogP contribution is 2.61. The third-order valence-corrected chi connectivity index (χ3v) is 20.7. The van der Waals surface area contributed by atoms with Crippen LogP contribution >= 0.6 is 0 Å². The molecular weight excluding hydrogens is 1060 g/mol. The van der Waals surface area contributed by atoms with Crippen molar-refractivity contribution >= 4 is 51.0 Å². The molecule has 5 atom stereocenters. The fourth-order valence-corrected chi connectivity index (χ4v) is 14.0. The highest BCUT2D eigenvalue weighted by atomic mass is 32.2. The van der Waals surface area contributed by atoms with E-state index in [-0.39, 0.29) is 71.1 Å². The van der Waals surface area contributed by atoms with E-state index in [0.717, 1.165) is 43.9 Å². The minimum Gasteiger partial charge on any atom is -0.743 e. The van der Waals surface area contributed by atoms with E-state index in [1.54, 1.807) is 20.8 Å². The van der Waals surface area contributed by atoms with Crippen molar-refractivity contribution < 1.29 is 69.4 Å². The van der Waals surface area contributed by atoms with Crippen LogP contribution in [0, 0.1) is 57.7 Å². The number of alkyl halides is 2. The summed E-state index contributed by atoms with van der Waals surface area (Å²) in [5.74, 6) is 3.13. The lowest BCUT2D eigenvalue weighted by Crippen LogP contribution is -2.60. The molecule has 1 aliphatic heterocycles. The van der Waals surface area contributed by atoms with E-state index >= 15 is 0 Å². The molecular formula is C61H83F2NO13S2. The molecule has 1 heterocycles. The molecule has 14 nitrogen and oxygen atoms in total. The number of carbonyl (C=O) groups excluding carboxylic acids is 5. The zero-order valence-corrected chi connectivity index (χ0v) is 49.3. The van der Waals surface area contributed by atoms with Crippen LogP contribution in [0.25, 0.3) is 0 Å². The van der Waals surface area contributed by atoms with Gasteiger partial charge in [0.2, 0.25) is 0 Å². The predicted molar refractivity (Wildman–Crippen MR) is 294 cm³/mol. The summed E-state index contributed by atoms with van der Waals surface area (Å²) in [5, 5.41) is -2.74. The largest absolute Gasteiger partial charge is 0.743 e. The van der Waals surface area contributed by atoms with Crippen LogP contribution in [0.5, 0.6) is 0 Å². The Morgan fingerprint density at radius 1 is 0.671 bits per heavy atom. The summed E-state index contributed by atoms with van der Waals surface area (Å²) < 4.78 is 81.9. The number of amides is 1. The number of hydrogen-bond acceptors (Lipinski definition) is 13. The molecule has 18 heteroatoms. The molecule has 10 rings (SSSR count). The second kappa shape index (κ2) is 26.2. The van der Waals surface area contributed by atoms with Crippen molar-refractivity contribution in [1.82, 2.24) is 5.32 Å². The smallest absolute Gasteiger partial charge is 0.407 e. The first-order chi connectivity index (χ1) is 37.1. The first-order valence-electron chi connectivity index (χ1n) is 28.1. The van der Waals surface area contributed by atoms with E-state index < -0.39 is 44.9 Å². The van der Waals surface area contributed by atoms with Crippen LogP contribution in [0.1, 0.15) is 140 Å². The summed E-state index contributed by atoms with van der Waals surface area (Å²) in [4.78, 5) is 63.0. The van der Waals surface area contributed by atoms with Gasteiger partial charge in [-0.25, -0.2) is 13.2 Å². The zero-order valence-electron chi connectivity index (χ0n) is 47.6. The SMILES string of the molecule is CCC(C)(C)C(=O)OC1(CC)C2CC3CC(C2)CC1C3.CCC(C)(C)C(=O)OC1C2CC3C(=O)OC1C3C2.CCC(C)(C)C(=O)OCCNC(=O)OCC(F)(F)S(=O)(=O)[O-].c1ccc([S+](c2ccccc2)c2ccccc2)cc1. The van der Waals surface area contributed by atoms with Gasteiger partial charge in [-0.3, -0.25) is 19.2 Å². The van der Waals surface area contributed by atoms with Gasteiger partial charge in [0, 0.05) is 11.8 Å². The Morgan fingerprint density at radius 2 is 1.13 bits per heavy atom. The van der Waals surface area contributed by atoms with Crippen molar-refractivity contribution in [3.05, 3.63) is 91.0 Å². The normalized spacial score (nSPS) is 26.3. The van der Waals surface area contributed by atoms with Gasteiger partial charge in [-0.2, -0.15) is 8.78 Å². The number of benzene rings is 3. The van der Waals surface area contributed by atoms with Crippen LogP contribution in [-0.2, 0) is 63.9 Å². The third kappa shape index (κ3) is 15.1. The summed E-state index contributed by atoms with van der Waals surface area (Å²) in [7, 11) is -5.93. The standard InChI is InChI=1S/C18H30O2.C18H15S.C14H20O4.C11H19F2NO7S/c1-5-17(3,4)16(19)20-18(6-2)14-8-12-7-13(10-14)11-15(18)9-12;1-4-10-16(11-5-1)19(17-12-6-2-7-13-17)18-14-8-3-9-15-18;1-4-14(2,3)13(16)18-10-7-5-8-9(6-7)12(15)17-11(8)10;1-4-10(2,3)8(15)20-6-5-14-9(16)21-7-11(12,13)22(17,18)19/h12-15H,5-11H2,1-4H3;1-15H;7-11H,4-6H2,1-3H3;4-7H2,1-3H3,(H,14,16)(H,17,18,19)/q;+1;;/p-1. The van der Waals surface area contributed by atoms with Crippen molar-refractivity contribution in [1.29, 1.82) is 0 Å². The molecule has 79 heavy (non-hydrogen) atoms. The Bertz CT molecular complexity index is 2530. The molecule has 7 fully saturated rings. The summed E-state index contributed by atoms with van der Waals surface area (Å²) in [5.41, 5.74) is -1.61. The monoisotopic (exact) mass is 1140 g/mol. The van der Waals surface area contributed by atoms with E-state index in [2.05, 4.69) is 110 Å². The third-order valence-electron chi connectivity index (χ3n) is 17.6. The lowest BCUT2D eigenvalue weighted by Gasteiger charge is -2.60. The van der Waals surface area contributed by atoms with E-state index in [4.69, 9.17) is 18.9 Å². The Kier molecular flexibility index (Phi) is 21.0. The lowest BCUT2D eigenvalue weighted by molar-refractivity contribution is -0.218. The van der Waals surface area contributed by atoms with Crippen molar-refractivity contribution in [3.63, 3.8) is 0 Å². The second-order valence-electron chi connectivity index (χ2n) is 24.0. The average molecular weight is 1140 g/mol. The Hall–Kier alpha value is -5.07. The van der Waals surface area contributed by atoms with E-state index in [0.29, 0.717) is 30.1 Å².